The third-order valence-electron chi connectivity index (χ3n) is 0.571. The van der Waals surface area contributed by atoms with Crippen molar-refractivity contribution in [2.45, 2.75) is 6.92 Å². The predicted molar refractivity (Wildman–Crippen MR) is 63.1 cm³/mol. The zero-order chi connectivity index (χ0) is 13.6. The summed E-state index contributed by atoms with van der Waals surface area (Å²) in [5, 5.41) is 7.42. The Morgan fingerprint density at radius 3 is 1.31 bits per heavy atom. The molecule has 0 saturated heterocycles. The molecule has 0 aromatic carbocycles. The number of rotatable bonds is 4. The number of carbonyl (C=O) groups is 1. The van der Waals surface area contributed by atoms with Gasteiger partial charge in [0.05, 0.1) is 0 Å². The van der Waals surface area contributed by atoms with Gasteiger partial charge in [0.2, 0.25) is 0 Å². The zero-order valence-electron chi connectivity index (χ0n) is 8.94. The van der Waals surface area contributed by atoms with Crippen molar-refractivity contribution < 1.29 is 28.8 Å². The van der Waals surface area contributed by atoms with E-state index < -0.39 is 22.0 Å². The summed E-state index contributed by atoms with van der Waals surface area (Å²) < 4.78 is 19.4. The van der Waals surface area contributed by atoms with Gasteiger partial charge in [-0.15, -0.1) is 0 Å². The van der Waals surface area contributed by atoms with Gasteiger partial charge in [0.15, 0.2) is 12.3 Å². The van der Waals surface area contributed by atoms with Crippen LogP contribution < -0.4 is 0 Å². The van der Waals surface area contributed by atoms with Crippen molar-refractivity contribution >= 4 is 22.0 Å². The summed E-state index contributed by atoms with van der Waals surface area (Å²) in [5.41, 5.74) is 0. The molecule has 0 heterocycles. The molecule has 2 unspecified atom stereocenters. The summed E-state index contributed by atoms with van der Waals surface area (Å²) in [4.78, 5) is 25.0. The Labute approximate surface area is 96.1 Å². The van der Waals surface area contributed by atoms with Gasteiger partial charge in [-0.2, -0.15) is 9.79 Å². The van der Waals surface area contributed by atoms with Gasteiger partial charge >= 0.3 is 16.1 Å². The van der Waals surface area contributed by atoms with Crippen LogP contribution in [0.3, 0.4) is 0 Å². The van der Waals surface area contributed by atoms with Crippen molar-refractivity contribution in [3.63, 3.8) is 0 Å². The lowest BCUT2D eigenvalue weighted by Gasteiger charge is -1.59. The molecule has 0 aliphatic rings. The third-order valence-corrected chi connectivity index (χ3v) is 1.71. The second-order valence-corrected chi connectivity index (χ2v) is 4.30. The number of aliphatic carboxylic acids is 1. The molecular weight excluding hydrogens is 254 g/mol. The first-order valence-electron chi connectivity index (χ1n) is 3.96. The Bertz CT molecular complexity index is 227. The molecule has 0 spiro atoms. The summed E-state index contributed by atoms with van der Waals surface area (Å²) in [6.45, 7) is 7.60. The first-order chi connectivity index (χ1) is 7.27. The average molecular weight is 270 g/mol. The van der Waals surface area contributed by atoms with E-state index in [-0.39, 0.29) is 12.3 Å². The van der Waals surface area contributed by atoms with E-state index in [2.05, 4.69) is 13.2 Å². The Morgan fingerprint density at radius 2 is 1.31 bits per heavy atom. The predicted octanol–water partition coefficient (Wildman–Crippen LogP) is 1.91. The highest BCUT2D eigenvalue weighted by molar-refractivity contribution is 7.38. The summed E-state index contributed by atoms with van der Waals surface area (Å²) in [6, 6.07) is 0. The zero-order valence-corrected chi connectivity index (χ0v) is 10.7. The maximum Gasteiger partial charge on any atom is 0.509 e. The van der Waals surface area contributed by atoms with Gasteiger partial charge in [-0.25, -0.2) is 0 Å². The molecule has 0 saturated carbocycles. The Balaban J connectivity index is -0.000000162. The molecule has 8 heteroatoms. The Hall–Kier alpha value is -0.930. The fourth-order valence-electron chi connectivity index (χ4n) is 0.221. The molecule has 0 amide bonds. The fourth-order valence-corrected chi connectivity index (χ4v) is 0.663. The van der Waals surface area contributed by atoms with Crippen LogP contribution in [0, 0.1) is 0 Å². The number of hydrogen-bond donors (Lipinski definition) is 3. The number of allylic oxidation sites excluding steroid dienone is 2. The van der Waals surface area contributed by atoms with E-state index >= 15 is 0 Å². The number of hydrogen-bond acceptors (Lipinski definition) is 3. The van der Waals surface area contributed by atoms with E-state index in [9.17, 15) is 9.13 Å². The summed E-state index contributed by atoms with van der Waals surface area (Å²) >= 11 is 0. The molecule has 0 aliphatic carbocycles. The quantitative estimate of drug-likeness (QED) is 0.531. The first kappa shape index (κ1) is 20.5. The van der Waals surface area contributed by atoms with Crippen molar-refractivity contribution in [3.05, 3.63) is 25.3 Å². The maximum atomic E-state index is 9.68. The van der Waals surface area contributed by atoms with Gasteiger partial charge in [-0.05, 0) is 21.3 Å². The molecular formula is C8H16O6P2+2. The average Bonchev–Trinajstić information content (AvgIpc) is 2.02. The van der Waals surface area contributed by atoms with Crippen molar-refractivity contribution in [1.29, 1.82) is 0 Å². The van der Waals surface area contributed by atoms with E-state index in [1.807, 2.05) is 0 Å². The highest BCUT2D eigenvalue weighted by Gasteiger charge is 2.01. The minimum atomic E-state index is -1.97. The van der Waals surface area contributed by atoms with Gasteiger partial charge < -0.3 is 5.11 Å². The molecule has 6 nitrogen and oxygen atoms in total. The van der Waals surface area contributed by atoms with E-state index in [0.717, 1.165) is 6.92 Å². The second kappa shape index (κ2) is 16.5. The lowest BCUT2D eigenvalue weighted by atomic mass is 10.8. The van der Waals surface area contributed by atoms with Crippen molar-refractivity contribution in [2.24, 2.45) is 0 Å². The SMILES string of the molecule is C=CC[P+](=O)O.C=CC[P+](=O)O.CC(=O)O. The van der Waals surface area contributed by atoms with Gasteiger partial charge in [-0.3, -0.25) is 4.79 Å². The summed E-state index contributed by atoms with van der Waals surface area (Å²) in [6.07, 6.45) is 3.24. The standard InChI is InChI=1S/2C3H5O2P.C2H4O2/c2*1-2-3-6(4)5;1-2(3)4/h2*2H,1,3H2;1H3,(H,3,4)/p+2. The molecule has 0 aliphatic heterocycles. The van der Waals surface area contributed by atoms with Crippen molar-refractivity contribution in [1.82, 2.24) is 0 Å². The fraction of sp³-hybridized carbons (Fsp3) is 0.375. The molecule has 0 rings (SSSR count). The maximum absolute atomic E-state index is 9.68. The van der Waals surface area contributed by atoms with E-state index in [4.69, 9.17) is 19.7 Å². The summed E-state index contributed by atoms with van der Waals surface area (Å²) in [5.74, 6) is -0.833. The van der Waals surface area contributed by atoms with Crippen LogP contribution in [0.15, 0.2) is 25.3 Å². The molecule has 92 valence electrons. The topological polar surface area (TPSA) is 112 Å². The molecule has 0 bridgehead atoms. The minimum Gasteiger partial charge on any atom is -0.481 e. The van der Waals surface area contributed by atoms with Crippen molar-refractivity contribution in [2.75, 3.05) is 12.3 Å². The summed E-state index contributed by atoms with van der Waals surface area (Å²) in [7, 11) is -3.94. The van der Waals surface area contributed by atoms with E-state index in [0.29, 0.717) is 0 Å². The van der Waals surface area contributed by atoms with Crippen LogP contribution in [0.25, 0.3) is 0 Å². The monoisotopic (exact) mass is 270 g/mol. The molecule has 2 atom stereocenters. The minimum absolute atomic E-state index is 0.204. The Morgan fingerprint density at radius 1 is 1.12 bits per heavy atom. The van der Waals surface area contributed by atoms with Gasteiger partial charge in [0.25, 0.3) is 5.97 Å². The van der Waals surface area contributed by atoms with Crippen LogP contribution in [-0.4, -0.2) is 33.2 Å². The second-order valence-electron chi connectivity index (χ2n) is 2.17. The third kappa shape index (κ3) is 74.1. The first-order valence-corrected chi connectivity index (χ1v) is 6.75. The highest BCUT2D eigenvalue weighted by Crippen LogP contribution is 2.10. The van der Waals surface area contributed by atoms with Gasteiger partial charge in [0.1, 0.15) is 0 Å². The van der Waals surface area contributed by atoms with Crippen LogP contribution in [-0.2, 0) is 13.9 Å². The number of carboxylic acid groups (broad SMARTS) is 1. The normalized spacial score (nSPS) is 9.44. The molecule has 0 fully saturated rings. The van der Waals surface area contributed by atoms with E-state index in [1.165, 1.54) is 12.2 Å². The van der Waals surface area contributed by atoms with Crippen LogP contribution in [0.2, 0.25) is 0 Å². The van der Waals surface area contributed by atoms with Crippen molar-refractivity contribution in [3.8, 4) is 0 Å². The van der Waals surface area contributed by atoms with Crippen LogP contribution in [0.4, 0.5) is 0 Å². The molecule has 0 radical (unpaired) electrons. The Kier molecular flexibility index (Phi) is 21.1. The van der Waals surface area contributed by atoms with Crippen LogP contribution >= 0.6 is 16.1 Å². The molecule has 3 N–H and O–H groups in total. The van der Waals surface area contributed by atoms with Gasteiger partial charge in [0, 0.05) is 6.92 Å². The lowest BCUT2D eigenvalue weighted by Crippen LogP contribution is -1.78. The van der Waals surface area contributed by atoms with Crippen LogP contribution in [0.5, 0.6) is 0 Å². The largest absolute Gasteiger partial charge is 0.509 e. The molecule has 0 aromatic rings. The van der Waals surface area contributed by atoms with Crippen LogP contribution in [0.1, 0.15) is 6.92 Å². The molecule has 0 aromatic heterocycles. The smallest absolute Gasteiger partial charge is 0.481 e. The lowest BCUT2D eigenvalue weighted by molar-refractivity contribution is -0.134. The molecule has 16 heavy (non-hydrogen) atoms. The van der Waals surface area contributed by atoms with E-state index in [1.54, 1.807) is 0 Å². The number of carboxylic acids is 1. The highest BCUT2D eigenvalue weighted by atomic mass is 31.1. The van der Waals surface area contributed by atoms with Gasteiger partial charge in [-0.1, -0.05) is 13.2 Å².